The van der Waals surface area contributed by atoms with Crippen LogP contribution >= 0.6 is 0 Å². The van der Waals surface area contributed by atoms with Crippen LogP contribution in [0.3, 0.4) is 0 Å². The molecule has 15 heteroatoms. The summed E-state index contributed by atoms with van der Waals surface area (Å²) in [6.45, 7) is 4.29. The molecular formula is C40H54N12O3. The number of nitrogen functional groups attached to an aromatic ring is 1. The highest BCUT2D eigenvalue weighted by atomic mass is 16.5. The number of aromatic nitrogens is 3. The second-order valence-corrected chi connectivity index (χ2v) is 14.5. The fourth-order valence-electron chi connectivity index (χ4n) is 7.37. The summed E-state index contributed by atoms with van der Waals surface area (Å²) >= 11 is 0. The first-order valence-electron chi connectivity index (χ1n) is 19.3. The van der Waals surface area contributed by atoms with Crippen LogP contribution in [0.2, 0.25) is 0 Å². The van der Waals surface area contributed by atoms with Gasteiger partial charge in [-0.25, -0.2) is 9.97 Å². The average molecular weight is 751 g/mol. The van der Waals surface area contributed by atoms with Crippen LogP contribution in [0.25, 0.3) is 11.0 Å². The SMILES string of the molecule is NC(N)=NCC1CCC(C(=O)Nc2ccnc(N)c2)CC1.O=C(Nc1ccnc2c1ccn2COCc1ccccc1)C1CCC(CNC2=NCCN2)CC1. The quantitative estimate of drug-likeness (QED) is 0.0808. The molecule has 2 amide bonds. The molecule has 4 aromatic rings. The van der Waals surface area contributed by atoms with Crippen LogP contribution in [0.5, 0.6) is 0 Å². The Morgan fingerprint density at radius 3 is 2.27 bits per heavy atom. The molecule has 2 saturated carbocycles. The van der Waals surface area contributed by atoms with E-state index in [1.165, 1.54) is 0 Å². The molecule has 4 heterocycles. The van der Waals surface area contributed by atoms with Gasteiger partial charge in [0.25, 0.3) is 0 Å². The van der Waals surface area contributed by atoms with Crippen LogP contribution < -0.4 is 38.5 Å². The highest BCUT2D eigenvalue weighted by Crippen LogP contribution is 2.32. The van der Waals surface area contributed by atoms with E-state index < -0.39 is 0 Å². The van der Waals surface area contributed by atoms with Crippen LogP contribution in [0, 0.1) is 23.7 Å². The Bertz CT molecular complexity index is 1910. The van der Waals surface area contributed by atoms with Crippen molar-refractivity contribution >= 4 is 52.0 Å². The first-order chi connectivity index (χ1) is 26.8. The molecule has 0 unspecified atom stereocenters. The molecule has 55 heavy (non-hydrogen) atoms. The number of guanidine groups is 2. The zero-order valence-electron chi connectivity index (χ0n) is 31.3. The van der Waals surface area contributed by atoms with E-state index in [-0.39, 0.29) is 29.6 Å². The molecule has 292 valence electrons. The molecule has 3 aromatic heterocycles. The van der Waals surface area contributed by atoms with Gasteiger partial charge in [-0.05, 0) is 87.0 Å². The molecule has 2 aliphatic carbocycles. The lowest BCUT2D eigenvalue weighted by molar-refractivity contribution is -0.121. The number of aliphatic imine (C=N–C) groups is 2. The van der Waals surface area contributed by atoms with Crippen LogP contribution in [-0.4, -0.2) is 64.4 Å². The number of nitrogens with zero attached hydrogens (tertiary/aromatic N) is 5. The summed E-state index contributed by atoms with van der Waals surface area (Å²) in [6, 6.07) is 17.4. The van der Waals surface area contributed by atoms with Crippen LogP contribution in [-0.2, 0) is 27.7 Å². The third kappa shape index (κ3) is 11.6. The van der Waals surface area contributed by atoms with E-state index in [4.69, 9.17) is 21.9 Å². The van der Waals surface area contributed by atoms with Crippen molar-refractivity contribution in [2.45, 2.75) is 64.7 Å². The fraction of sp³-hybridized carbons (Fsp3) is 0.450. The van der Waals surface area contributed by atoms with E-state index in [1.807, 2.05) is 53.2 Å². The molecule has 0 bridgehead atoms. The van der Waals surface area contributed by atoms with Crippen LogP contribution in [0.4, 0.5) is 17.2 Å². The fourth-order valence-corrected chi connectivity index (χ4v) is 7.37. The molecule has 1 aromatic carbocycles. The van der Waals surface area contributed by atoms with Crippen molar-refractivity contribution in [3.05, 3.63) is 78.8 Å². The number of fused-ring (bicyclic) bond motifs is 1. The highest BCUT2D eigenvalue weighted by molar-refractivity contribution is 6.01. The maximum atomic E-state index is 13.0. The lowest BCUT2D eigenvalue weighted by Crippen LogP contribution is -2.38. The molecule has 0 saturated heterocycles. The van der Waals surface area contributed by atoms with Gasteiger partial charge in [0, 0.05) is 67.2 Å². The molecule has 3 aliphatic rings. The van der Waals surface area contributed by atoms with E-state index >= 15 is 0 Å². The van der Waals surface area contributed by atoms with E-state index in [1.54, 1.807) is 24.5 Å². The summed E-state index contributed by atoms with van der Waals surface area (Å²) in [5.41, 5.74) is 19.7. The second kappa shape index (κ2) is 19.6. The smallest absolute Gasteiger partial charge is 0.227 e. The standard InChI is InChI=1S/C26H32N6O2.C14H22N6O/c33-25(21-8-6-19(7-9-21)16-30-26-28-13-14-29-26)31-23-10-12-27-24-22(23)11-15-32(24)18-34-17-20-4-2-1-3-5-20;15-12-7-11(5-6-18-12)20-13(21)10-3-1-9(2-4-10)8-19-14(16)17/h1-5,10-12,15,19,21H,6-9,13-14,16-18H2,(H,27,31,33)(H2,28,29,30);5-7,9-10H,1-4,8H2,(H4,16,17,19)(H3,15,18,20,21). The largest absolute Gasteiger partial charge is 0.384 e. The van der Waals surface area contributed by atoms with Gasteiger partial charge >= 0.3 is 0 Å². The molecule has 1 aliphatic heterocycles. The Labute approximate surface area is 322 Å². The number of rotatable bonds is 12. The minimum Gasteiger partial charge on any atom is -0.384 e. The number of hydrogen-bond donors (Lipinski definition) is 7. The number of amides is 2. The summed E-state index contributed by atoms with van der Waals surface area (Å²) in [4.78, 5) is 42.1. The maximum Gasteiger partial charge on any atom is 0.227 e. The number of carbonyl (C=O) groups excluding carboxylic acids is 2. The monoisotopic (exact) mass is 750 g/mol. The number of ether oxygens (including phenoxy) is 1. The Kier molecular flexibility index (Phi) is 13.9. The number of carbonyl (C=O) groups is 2. The predicted molar refractivity (Wildman–Crippen MR) is 217 cm³/mol. The number of anilines is 3. The van der Waals surface area contributed by atoms with Crippen molar-refractivity contribution in [3.8, 4) is 0 Å². The van der Waals surface area contributed by atoms with Gasteiger partial charge in [0.05, 0.1) is 18.8 Å². The summed E-state index contributed by atoms with van der Waals surface area (Å²) in [7, 11) is 0. The van der Waals surface area contributed by atoms with Gasteiger partial charge in [-0.15, -0.1) is 0 Å². The Morgan fingerprint density at radius 1 is 0.873 bits per heavy atom. The lowest BCUT2D eigenvalue weighted by Gasteiger charge is -2.28. The van der Waals surface area contributed by atoms with E-state index in [0.29, 0.717) is 43.2 Å². The molecule has 0 atom stereocenters. The van der Waals surface area contributed by atoms with Gasteiger partial charge in [0.2, 0.25) is 11.8 Å². The van der Waals surface area contributed by atoms with Gasteiger partial charge in [-0.2, -0.15) is 0 Å². The minimum absolute atomic E-state index is 0.0369. The van der Waals surface area contributed by atoms with E-state index in [9.17, 15) is 9.59 Å². The summed E-state index contributed by atoms with van der Waals surface area (Å²) in [5, 5.41) is 13.6. The number of benzene rings is 1. The zero-order chi connectivity index (χ0) is 38.4. The van der Waals surface area contributed by atoms with Crippen molar-refractivity contribution < 1.29 is 14.3 Å². The van der Waals surface area contributed by atoms with Gasteiger partial charge in [0.1, 0.15) is 18.2 Å². The molecule has 2 fully saturated rings. The highest BCUT2D eigenvalue weighted by Gasteiger charge is 2.28. The summed E-state index contributed by atoms with van der Waals surface area (Å²) in [5.74, 6) is 2.74. The van der Waals surface area contributed by atoms with E-state index in [2.05, 4.69) is 41.2 Å². The van der Waals surface area contributed by atoms with Crippen LogP contribution in [0.15, 0.2) is 83.2 Å². The number of pyridine rings is 2. The Morgan fingerprint density at radius 2 is 1.58 bits per heavy atom. The molecule has 7 rings (SSSR count). The number of nitrogens with two attached hydrogens (primary N) is 3. The van der Waals surface area contributed by atoms with Crippen molar-refractivity contribution in [2.24, 2.45) is 45.1 Å². The summed E-state index contributed by atoms with van der Waals surface area (Å²) < 4.78 is 7.84. The zero-order valence-corrected chi connectivity index (χ0v) is 31.3. The lowest BCUT2D eigenvalue weighted by atomic mass is 9.81. The second-order valence-electron chi connectivity index (χ2n) is 14.5. The van der Waals surface area contributed by atoms with Crippen molar-refractivity contribution in [1.82, 2.24) is 25.2 Å². The molecule has 0 spiro atoms. The predicted octanol–water partition coefficient (Wildman–Crippen LogP) is 4.19. The normalized spacial score (nSPS) is 20.6. The van der Waals surface area contributed by atoms with Gasteiger partial charge in [-0.3, -0.25) is 19.6 Å². The average Bonchev–Trinajstić information content (AvgIpc) is 3.88. The first-order valence-corrected chi connectivity index (χ1v) is 19.3. The Balaban J connectivity index is 0.000000211. The number of hydrogen-bond acceptors (Lipinski definition) is 10. The maximum absolute atomic E-state index is 13.0. The Hall–Kier alpha value is -5.70. The van der Waals surface area contributed by atoms with Crippen LogP contribution in [0.1, 0.15) is 56.9 Å². The topological polar surface area (TPSA) is 225 Å². The van der Waals surface area contributed by atoms with Crippen molar-refractivity contribution in [2.75, 3.05) is 42.5 Å². The first kappa shape index (κ1) is 39.0. The minimum atomic E-state index is 0.0369. The van der Waals surface area contributed by atoms with Crippen molar-refractivity contribution in [1.29, 1.82) is 0 Å². The molecule has 0 radical (unpaired) electrons. The summed E-state index contributed by atoms with van der Waals surface area (Å²) in [6.07, 6.45) is 12.9. The van der Waals surface area contributed by atoms with E-state index in [0.717, 1.165) is 99.2 Å². The third-order valence-electron chi connectivity index (χ3n) is 10.5. The number of nitrogens with one attached hydrogen (secondary N) is 4. The molecular weight excluding hydrogens is 697 g/mol. The van der Waals surface area contributed by atoms with Gasteiger partial charge in [-0.1, -0.05) is 30.3 Å². The molecule has 15 nitrogen and oxygen atoms in total. The molecule has 10 N–H and O–H groups in total. The van der Waals surface area contributed by atoms with Gasteiger partial charge < -0.3 is 47.8 Å². The van der Waals surface area contributed by atoms with Crippen molar-refractivity contribution in [3.63, 3.8) is 0 Å². The third-order valence-corrected chi connectivity index (χ3v) is 10.5. The van der Waals surface area contributed by atoms with Gasteiger partial charge in [0.15, 0.2) is 11.9 Å².